The molecule has 0 unspecified atom stereocenters. The van der Waals surface area contributed by atoms with Gasteiger partial charge in [0.15, 0.2) is 11.5 Å². The van der Waals surface area contributed by atoms with Gasteiger partial charge in [-0.3, -0.25) is 13.9 Å². The molecular formula is C30H33F2N3O6S. The second-order valence-corrected chi connectivity index (χ2v) is 11.9. The van der Waals surface area contributed by atoms with Crippen molar-refractivity contribution in [3.05, 3.63) is 83.9 Å². The van der Waals surface area contributed by atoms with Crippen LogP contribution in [0.4, 0.5) is 14.5 Å². The molecule has 2 amide bonds. The highest BCUT2D eigenvalue weighted by Gasteiger charge is 2.34. The number of carbonyl (C=O) groups is 2. The third-order valence-corrected chi connectivity index (χ3v) is 8.35. The van der Waals surface area contributed by atoms with E-state index in [-0.39, 0.29) is 41.9 Å². The minimum absolute atomic E-state index is 0.0426. The lowest BCUT2D eigenvalue weighted by atomic mass is 10.1. The van der Waals surface area contributed by atoms with E-state index in [9.17, 15) is 26.8 Å². The van der Waals surface area contributed by atoms with Crippen molar-refractivity contribution in [1.29, 1.82) is 0 Å². The Kier molecular flexibility index (Phi) is 9.66. The molecule has 1 atom stereocenters. The van der Waals surface area contributed by atoms with Gasteiger partial charge in [0.2, 0.25) is 11.8 Å². The molecule has 3 aromatic rings. The van der Waals surface area contributed by atoms with Crippen molar-refractivity contribution in [2.45, 2.75) is 50.7 Å². The van der Waals surface area contributed by atoms with E-state index in [2.05, 4.69) is 5.32 Å². The zero-order valence-electron chi connectivity index (χ0n) is 23.5. The molecule has 3 aromatic carbocycles. The third-order valence-electron chi connectivity index (χ3n) is 6.58. The summed E-state index contributed by atoms with van der Waals surface area (Å²) in [5.41, 5.74) is 0.588. The monoisotopic (exact) mass is 601 g/mol. The highest BCUT2D eigenvalue weighted by Crippen LogP contribution is 2.34. The molecule has 0 radical (unpaired) electrons. The van der Waals surface area contributed by atoms with Crippen molar-refractivity contribution >= 4 is 27.5 Å². The SMILES string of the molecule is CC[C@@H](C(=O)NC(C)C)N(Cc1ccc(F)cc1)C(=O)CN(c1ccc(F)cc1)S(=O)(=O)c1ccc2c(c1)OCCO2. The highest BCUT2D eigenvalue weighted by molar-refractivity contribution is 7.92. The number of hydrogen-bond donors (Lipinski definition) is 1. The van der Waals surface area contributed by atoms with Gasteiger partial charge in [-0.15, -0.1) is 0 Å². The molecule has 1 aliphatic heterocycles. The van der Waals surface area contributed by atoms with E-state index in [0.717, 1.165) is 16.4 Å². The van der Waals surface area contributed by atoms with Crippen LogP contribution in [0, 0.1) is 11.6 Å². The van der Waals surface area contributed by atoms with Gasteiger partial charge in [-0.1, -0.05) is 19.1 Å². The number of anilines is 1. The van der Waals surface area contributed by atoms with Crippen molar-refractivity contribution in [3.8, 4) is 11.5 Å². The van der Waals surface area contributed by atoms with Crippen LogP contribution in [0.1, 0.15) is 32.8 Å². The number of nitrogens with zero attached hydrogens (tertiary/aromatic N) is 2. The van der Waals surface area contributed by atoms with Crippen LogP contribution in [0.5, 0.6) is 11.5 Å². The van der Waals surface area contributed by atoms with E-state index in [0.29, 0.717) is 17.9 Å². The van der Waals surface area contributed by atoms with Crippen molar-refractivity contribution in [1.82, 2.24) is 10.2 Å². The van der Waals surface area contributed by atoms with E-state index in [1.54, 1.807) is 20.8 Å². The fourth-order valence-electron chi connectivity index (χ4n) is 4.53. The molecule has 42 heavy (non-hydrogen) atoms. The number of ether oxygens (including phenoxy) is 2. The van der Waals surface area contributed by atoms with Crippen LogP contribution in [0.15, 0.2) is 71.6 Å². The van der Waals surface area contributed by atoms with Gasteiger partial charge in [0, 0.05) is 18.7 Å². The van der Waals surface area contributed by atoms with E-state index >= 15 is 0 Å². The number of halogens is 2. The average Bonchev–Trinajstić information content (AvgIpc) is 2.96. The molecule has 12 heteroatoms. The van der Waals surface area contributed by atoms with Gasteiger partial charge in [-0.05, 0) is 74.4 Å². The van der Waals surface area contributed by atoms with Crippen LogP contribution < -0.4 is 19.1 Å². The minimum Gasteiger partial charge on any atom is -0.486 e. The molecular weight excluding hydrogens is 568 g/mol. The van der Waals surface area contributed by atoms with Crippen molar-refractivity contribution in [2.75, 3.05) is 24.1 Å². The van der Waals surface area contributed by atoms with Gasteiger partial charge in [0.1, 0.15) is 37.4 Å². The maximum absolute atomic E-state index is 14.0. The Hall–Kier alpha value is -4.19. The maximum atomic E-state index is 14.0. The van der Waals surface area contributed by atoms with Crippen LogP contribution in [0.2, 0.25) is 0 Å². The smallest absolute Gasteiger partial charge is 0.264 e. The van der Waals surface area contributed by atoms with E-state index in [1.807, 2.05) is 0 Å². The molecule has 0 bridgehead atoms. The van der Waals surface area contributed by atoms with Crippen LogP contribution in [-0.2, 0) is 26.2 Å². The van der Waals surface area contributed by atoms with Gasteiger partial charge in [-0.25, -0.2) is 17.2 Å². The largest absolute Gasteiger partial charge is 0.486 e. The number of fused-ring (bicyclic) bond motifs is 1. The second-order valence-electron chi connectivity index (χ2n) is 10.0. The van der Waals surface area contributed by atoms with Crippen molar-refractivity contribution in [2.24, 2.45) is 0 Å². The first-order valence-electron chi connectivity index (χ1n) is 13.5. The lowest BCUT2D eigenvalue weighted by Crippen LogP contribution is -2.53. The Bertz CT molecular complexity index is 1510. The first kappa shape index (κ1) is 30.8. The topological polar surface area (TPSA) is 105 Å². The zero-order chi connectivity index (χ0) is 30.4. The molecule has 0 saturated heterocycles. The summed E-state index contributed by atoms with van der Waals surface area (Å²) in [5.74, 6) is -1.52. The van der Waals surface area contributed by atoms with Gasteiger partial charge in [-0.2, -0.15) is 0 Å². The Morgan fingerprint density at radius 1 is 0.905 bits per heavy atom. The molecule has 0 saturated carbocycles. The third kappa shape index (κ3) is 7.17. The Balaban J connectivity index is 1.74. The lowest BCUT2D eigenvalue weighted by molar-refractivity contribution is -0.140. The minimum atomic E-state index is -4.40. The number of hydrogen-bond acceptors (Lipinski definition) is 6. The molecule has 9 nitrogen and oxygen atoms in total. The van der Waals surface area contributed by atoms with Gasteiger partial charge in [0.25, 0.3) is 10.0 Å². The summed E-state index contributed by atoms with van der Waals surface area (Å²) in [4.78, 5) is 28.3. The summed E-state index contributed by atoms with van der Waals surface area (Å²) in [6.45, 7) is 5.09. The lowest BCUT2D eigenvalue weighted by Gasteiger charge is -2.33. The number of nitrogens with one attached hydrogen (secondary N) is 1. The second kappa shape index (κ2) is 13.2. The van der Waals surface area contributed by atoms with Crippen LogP contribution in [0.25, 0.3) is 0 Å². The molecule has 0 aliphatic carbocycles. The van der Waals surface area contributed by atoms with Crippen LogP contribution in [0.3, 0.4) is 0 Å². The quantitative estimate of drug-likeness (QED) is 0.352. The molecule has 4 rings (SSSR count). The number of amides is 2. The number of benzene rings is 3. The number of rotatable bonds is 11. The molecule has 0 aromatic heterocycles. The van der Waals surface area contributed by atoms with Gasteiger partial charge in [0.05, 0.1) is 10.6 Å². The summed E-state index contributed by atoms with van der Waals surface area (Å²) >= 11 is 0. The molecule has 1 heterocycles. The number of sulfonamides is 1. The first-order chi connectivity index (χ1) is 20.0. The normalized spacial score (nSPS) is 13.4. The standard InChI is InChI=1S/C30H33F2N3O6S/c1-4-26(30(37)33-20(2)3)34(18-21-5-7-22(31)8-6-21)29(36)19-35(24-11-9-23(32)10-12-24)42(38,39)25-13-14-27-28(17-25)41-16-15-40-27/h5-14,17,20,26H,4,15-16,18-19H2,1-3H3,(H,33,37)/t26-/m0/s1. The molecule has 1 N–H and O–H groups in total. The Labute approximate surface area is 244 Å². The Morgan fingerprint density at radius 3 is 2.10 bits per heavy atom. The molecule has 0 fully saturated rings. The average molecular weight is 602 g/mol. The van der Waals surface area contributed by atoms with E-state index in [4.69, 9.17) is 9.47 Å². The summed E-state index contributed by atoms with van der Waals surface area (Å²) in [6, 6.07) is 13.1. The summed E-state index contributed by atoms with van der Waals surface area (Å²) in [7, 11) is -4.40. The van der Waals surface area contributed by atoms with Crippen LogP contribution in [-0.4, -0.2) is 57.0 Å². The van der Waals surface area contributed by atoms with E-state index in [1.165, 1.54) is 59.5 Å². The van der Waals surface area contributed by atoms with Crippen molar-refractivity contribution in [3.63, 3.8) is 0 Å². The fraction of sp³-hybridized carbons (Fsp3) is 0.333. The summed E-state index contributed by atoms with van der Waals surface area (Å²) in [5, 5.41) is 2.81. The van der Waals surface area contributed by atoms with Gasteiger partial charge < -0.3 is 19.7 Å². The fourth-order valence-corrected chi connectivity index (χ4v) is 5.96. The predicted molar refractivity (Wildman–Crippen MR) is 153 cm³/mol. The summed E-state index contributed by atoms with van der Waals surface area (Å²) in [6.07, 6.45) is 0.233. The molecule has 1 aliphatic rings. The highest BCUT2D eigenvalue weighted by atomic mass is 32.2. The summed E-state index contributed by atoms with van der Waals surface area (Å²) < 4.78 is 67.4. The molecule has 224 valence electrons. The zero-order valence-corrected chi connectivity index (χ0v) is 24.4. The van der Waals surface area contributed by atoms with Crippen molar-refractivity contribution < 1.29 is 36.3 Å². The van der Waals surface area contributed by atoms with E-state index < -0.39 is 46.1 Å². The predicted octanol–water partition coefficient (Wildman–Crippen LogP) is 4.26. The Morgan fingerprint density at radius 2 is 1.50 bits per heavy atom. The molecule has 0 spiro atoms. The van der Waals surface area contributed by atoms with Crippen LogP contribution >= 0.6 is 0 Å². The maximum Gasteiger partial charge on any atom is 0.264 e. The first-order valence-corrected chi connectivity index (χ1v) is 15.0. The number of carbonyl (C=O) groups excluding carboxylic acids is 2. The van der Waals surface area contributed by atoms with Gasteiger partial charge >= 0.3 is 0 Å².